The van der Waals surface area contributed by atoms with E-state index in [1.165, 1.54) is 11.5 Å². The number of rotatable bonds is 6. The molecule has 0 spiro atoms. The first kappa shape index (κ1) is 15.8. The van der Waals surface area contributed by atoms with Crippen LogP contribution in [0.3, 0.4) is 0 Å². The van der Waals surface area contributed by atoms with Crippen LogP contribution in [-0.4, -0.2) is 59.4 Å². The fraction of sp³-hybridized carbons (Fsp3) is 0.929. The van der Waals surface area contributed by atoms with Gasteiger partial charge in [0, 0.05) is 37.3 Å². The molecule has 1 rings (SSSR count). The minimum atomic E-state index is -0.0253. The van der Waals surface area contributed by atoms with Gasteiger partial charge in [0.25, 0.3) is 0 Å². The Hall–Kier alpha value is -0.220. The Morgan fingerprint density at radius 3 is 2.61 bits per heavy atom. The van der Waals surface area contributed by atoms with Crippen molar-refractivity contribution in [3.8, 4) is 0 Å². The van der Waals surface area contributed by atoms with E-state index >= 15 is 0 Å². The molecule has 1 saturated heterocycles. The minimum Gasteiger partial charge on any atom is -0.338 e. The van der Waals surface area contributed by atoms with Gasteiger partial charge in [-0.3, -0.25) is 4.79 Å². The van der Waals surface area contributed by atoms with E-state index in [1.54, 1.807) is 0 Å². The highest BCUT2D eigenvalue weighted by Crippen LogP contribution is 2.26. The van der Waals surface area contributed by atoms with E-state index in [0.29, 0.717) is 11.8 Å². The second-order valence-corrected chi connectivity index (χ2v) is 7.60. The Labute approximate surface area is 116 Å². The maximum Gasteiger partial charge on any atom is 0.223 e. The lowest BCUT2D eigenvalue weighted by Crippen LogP contribution is -2.42. The molecule has 3 nitrogen and oxygen atoms in total. The van der Waals surface area contributed by atoms with Gasteiger partial charge in [-0.1, -0.05) is 6.92 Å². The zero-order chi connectivity index (χ0) is 13.8. The van der Waals surface area contributed by atoms with Crippen LogP contribution in [-0.2, 0) is 4.79 Å². The molecule has 0 N–H and O–H groups in total. The molecule has 4 heteroatoms. The van der Waals surface area contributed by atoms with Crippen molar-refractivity contribution in [1.29, 1.82) is 0 Å². The van der Waals surface area contributed by atoms with Crippen molar-refractivity contribution in [1.82, 2.24) is 9.80 Å². The highest BCUT2D eigenvalue weighted by atomic mass is 32.2. The first-order chi connectivity index (χ1) is 8.34. The molecule has 1 fully saturated rings. The van der Waals surface area contributed by atoms with E-state index in [1.807, 2.05) is 16.7 Å². The van der Waals surface area contributed by atoms with Crippen LogP contribution in [0.2, 0.25) is 0 Å². The molecular formula is C14H28N2OS. The number of nitrogens with zero attached hydrogens (tertiary/aromatic N) is 2. The number of hydrogen-bond donors (Lipinski definition) is 0. The quantitative estimate of drug-likeness (QED) is 0.693. The molecule has 106 valence electrons. The molecule has 0 bridgehead atoms. The number of thioether (sulfide) groups is 1. The number of carbonyl (C=O) groups excluding carboxylic acids is 1. The summed E-state index contributed by atoms with van der Waals surface area (Å²) >= 11 is 1.98. The highest BCUT2D eigenvalue weighted by molar-refractivity contribution is 7.99. The van der Waals surface area contributed by atoms with Gasteiger partial charge in [-0.25, -0.2) is 0 Å². The van der Waals surface area contributed by atoms with Crippen molar-refractivity contribution in [2.75, 3.05) is 38.2 Å². The SMILES string of the molecule is CCSCCN(C)C[C@@H]1CC(=O)N(C(C)(C)C)C1. The highest BCUT2D eigenvalue weighted by Gasteiger charge is 2.36. The lowest BCUT2D eigenvalue weighted by atomic mass is 10.1. The van der Waals surface area contributed by atoms with Gasteiger partial charge in [0.05, 0.1) is 0 Å². The Kier molecular flexibility index (Phi) is 5.99. The normalized spacial score (nSPS) is 21.1. The molecule has 0 radical (unpaired) electrons. The van der Waals surface area contributed by atoms with E-state index < -0.39 is 0 Å². The van der Waals surface area contributed by atoms with E-state index in [9.17, 15) is 4.79 Å². The standard InChI is InChI=1S/C14H28N2OS/c1-6-18-8-7-15(5)10-12-9-13(17)16(11-12)14(2,3)4/h12H,6-11H2,1-5H3/t12-/m0/s1. The molecule has 0 unspecified atom stereocenters. The second kappa shape index (κ2) is 6.80. The molecule has 0 aromatic carbocycles. The molecule has 1 heterocycles. The maximum absolute atomic E-state index is 12.0. The van der Waals surface area contributed by atoms with Crippen molar-refractivity contribution in [3.63, 3.8) is 0 Å². The van der Waals surface area contributed by atoms with Gasteiger partial charge >= 0.3 is 0 Å². The van der Waals surface area contributed by atoms with Crippen LogP contribution in [0, 0.1) is 5.92 Å². The summed E-state index contributed by atoms with van der Waals surface area (Å²) in [6.45, 7) is 11.6. The summed E-state index contributed by atoms with van der Waals surface area (Å²) in [6, 6.07) is 0. The lowest BCUT2D eigenvalue weighted by Gasteiger charge is -2.32. The maximum atomic E-state index is 12.0. The monoisotopic (exact) mass is 272 g/mol. The fourth-order valence-electron chi connectivity index (χ4n) is 2.45. The number of carbonyl (C=O) groups is 1. The van der Waals surface area contributed by atoms with Crippen LogP contribution < -0.4 is 0 Å². The first-order valence-electron chi connectivity index (χ1n) is 6.91. The molecule has 1 atom stereocenters. The van der Waals surface area contributed by atoms with E-state index in [-0.39, 0.29) is 5.54 Å². The summed E-state index contributed by atoms with van der Waals surface area (Å²) in [6.07, 6.45) is 0.725. The third-order valence-corrected chi connectivity index (χ3v) is 4.29. The van der Waals surface area contributed by atoms with E-state index in [0.717, 1.165) is 26.1 Å². The molecule has 0 aromatic heterocycles. The van der Waals surface area contributed by atoms with Crippen LogP contribution in [0.15, 0.2) is 0 Å². The van der Waals surface area contributed by atoms with Crippen molar-refractivity contribution in [2.45, 2.75) is 39.7 Å². The Balaban J connectivity index is 2.35. The topological polar surface area (TPSA) is 23.6 Å². The van der Waals surface area contributed by atoms with Gasteiger partial charge in [0.15, 0.2) is 0 Å². The molecule has 0 saturated carbocycles. The summed E-state index contributed by atoms with van der Waals surface area (Å²) < 4.78 is 0. The summed E-state index contributed by atoms with van der Waals surface area (Å²) in [5.41, 5.74) is -0.0253. The Bertz CT molecular complexity index is 275. The first-order valence-corrected chi connectivity index (χ1v) is 8.06. The third-order valence-electron chi connectivity index (χ3n) is 3.41. The largest absolute Gasteiger partial charge is 0.338 e. The predicted molar refractivity (Wildman–Crippen MR) is 80.1 cm³/mol. The van der Waals surface area contributed by atoms with Gasteiger partial charge < -0.3 is 9.80 Å². The van der Waals surface area contributed by atoms with Gasteiger partial charge in [-0.2, -0.15) is 11.8 Å². The summed E-state index contributed by atoms with van der Waals surface area (Å²) in [5, 5.41) is 0. The average Bonchev–Trinajstić information content (AvgIpc) is 2.59. The predicted octanol–water partition coefficient (Wildman–Crippen LogP) is 2.32. The lowest BCUT2D eigenvalue weighted by molar-refractivity contribution is -0.131. The van der Waals surface area contributed by atoms with Gasteiger partial charge in [-0.15, -0.1) is 0 Å². The van der Waals surface area contributed by atoms with Crippen LogP contribution in [0.4, 0.5) is 0 Å². The van der Waals surface area contributed by atoms with E-state index in [4.69, 9.17) is 0 Å². The summed E-state index contributed by atoms with van der Waals surface area (Å²) in [5.74, 6) is 3.21. The summed E-state index contributed by atoms with van der Waals surface area (Å²) in [4.78, 5) is 16.4. The molecule has 0 aromatic rings. The molecule has 0 aliphatic carbocycles. The smallest absolute Gasteiger partial charge is 0.223 e. The molecule has 1 amide bonds. The van der Waals surface area contributed by atoms with Crippen molar-refractivity contribution < 1.29 is 4.79 Å². The molecule has 1 aliphatic heterocycles. The third kappa shape index (κ3) is 4.81. The number of amides is 1. The Morgan fingerprint density at radius 2 is 2.11 bits per heavy atom. The summed E-state index contributed by atoms with van der Waals surface area (Å²) in [7, 11) is 2.17. The van der Waals surface area contributed by atoms with Crippen LogP contribution >= 0.6 is 11.8 Å². The fourth-order valence-corrected chi connectivity index (χ4v) is 3.18. The minimum absolute atomic E-state index is 0.0253. The van der Waals surface area contributed by atoms with Crippen LogP contribution in [0.1, 0.15) is 34.1 Å². The zero-order valence-electron chi connectivity index (χ0n) is 12.5. The van der Waals surface area contributed by atoms with Gasteiger partial charge in [0.2, 0.25) is 5.91 Å². The van der Waals surface area contributed by atoms with Crippen LogP contribution in [0.5, 0.6) is 0 Å². The van der Waals surface area contributed by atoms with Crippen molar-refractivity contribution >= 4 is 17.7 Å². The number of likely N-dealkylation sites (tertiary alicyclic amines) is 1. The van der Waals surface area contributed by atoms with E-state index in [2.05, 4.69) is 39.6 Å². The van der Waals surface area contributed by atoms with Gasteiger partial charge in [-0.05, 0) is 39.5 Å². The average molecular weight is 272 g/mol. The van der Waals surface area contributed by atoms with Crippen molar-refractivity contribution in [3.05, 3.63) is 0 Å². The Morgan fingerprint density at radius 1 is 1.44 bits per heavy atom. The second-order valence-electron chi connectivity index (χ2n) is 6.20. The molecule has 18 heavy (non-hydrogen) atoms. The zero-order valence-corrected chi connectivity index (χ0v) is 13.3. The molecule has 1 aliphatic rings. The van der Waals surface area contributed by atoms with Crippen molar-refractivity contribution in [2.24, 2.45) is 5.92 Å². The van der Waals surface area contributed by atoms with Gasteiger partial charge in [0.1, 0.15) is 0 Å². The molecular weight excluding hydrogens is 244 g/mol. The van der Waals surface area contributed by atoms with Crippen LogP contribution in [0.25, 0.3) is 0 Å². The number of hydrogen-bond acceptors (Lipinski definition) is 3.